The monoisotopic (exact) mass is 518 g/mol. The lowest BCUT2D eigenvalue weighted by molar-refractivity contribution is -0.0409. The second-order valence-corrected chi connectivity index (χ2v) is 9.99. The molecule has 0 spiro atoms. The topological polar surface area (TPSA) is 49.9 Å². The minimum Gasteiger partial charge on any atom is -0.366 e. The second-order valence-electron chi connectivity index (χ2n) is 9.99. The molecule has 36 heavy (non-hydrogen) atoms. The van der Waals surface area contributed by atoms with E-state index in [2.05, 4.69) is 47.8 Å². The van der Waals surface area contributed by atoms with Gasteiger partial charge in [-0.15, -0.1) is 0 Å². The Morgan fingerprint density at radius 1 is 0.500 bits per heavy atom. The van der Waals surface area contributed by atoms with Crippen LogP contribution in [0.4, 0.5) is 0 Å². The molecule has 2 atom stereocenters. The lowest BCUT2D eigenvalue weighted by Crippen LogP contribution is -2.52. The first kappa shape index (κ1) is 35.7. The fourth-order valence-electron chi connectivity index (χ4n) is 4.52. The molecule has 0 aromatic heterocycles. The predicted molar refractivity (Wildman–Crippen MR) is 151 cm³/mol. The molecular formula is C28H62N4O4. The summed E-state index contributed by atoms with van der Waals surface area (Å²) in [6, 6.07) is 1.19. The second kappa shape index (κ2) is 25.0. The third-order valence-electron chi connectivity index (χ3n) is 6.69. The number of unbranched alkanes of at least 4 members (excludes halogenated alkanes) is 3. The van der Waals surface area contributed by atoms with Crippen molar-refractivity contribution in [3.63, 3.8) is 0 Å². The summed E-state index contributed by atoms with van der Waals surface area (Å²) in [4.78, 5) is 9.20. The SMILES string of the molecule is CCOCN(C)C1CCCCC1N(C)COCC.CCOCN(C)CCCCCCN(C)COCC. The van der Waals surface area contributed by atoms with Crippen LogP contribution < -0.4 is 0 Å². The van der Waals surface area contributed by atoms with E-state index >= 15 is 0 Å². The van der Waals surface area contributed by atoms with Gasteiger partial charge in [-0.3, -0.25) is 19.6 Å². The molecule has 0 saturated heterocycles. The van der Waals surface area contributed by atoms with Gasteiger partial charge in [0.1, 0.15) is 0 Å². The summed E-state index contributed by atoms with van der Waals surface area (Å²) in [5.74, 6) is 0. The maximum Gasteiger partial charge on any atom is 0.0990 e. The summed E-state index contributed by atoms with van der Waals surface area (Å²) >= 11 is 0. The van der Waals surface area contributed by atoms with Gasteiger partial charge < -0.3 is 18.9 Å². The van der Waals surface area contributed by atoms with E-state index < -0.39 is 0 Å². The van der Waals surface area contributed by atoms with E-state index in [1.165, 1.54) is 51.4 Å². The molecule has 218 valence electrons. The summed E-state index contributed by atoms with van der Waals surface area (Å²) in [5.41, 5.74) is 0. The van der Waals surface area contributed by atoms with Crippen molar-refractivity contribution in [2.45, 2.75) is 91.1 Å². The molecule has 0 N–H and O–H groups in total. The Kier molecular flexibility index (Phi) is 24.8. The van der Waals surface area contributed by atoms with Crippen LogP contribution in [0.25, 0.3) is 0 Å². The molecule has 0 aromatic rings. The lowest BCUT2D eigenvalue weighted by atomic mass is 9.89. The molecule has 1 aliphatic rings. The Bertz CT molecular complexity index is 421. The zero-order valence-electron chi connectivity index (χ0n) is 25.3. The predicted octanol–water partition coefficient (Wildman–Crippen LogP) is 4.55. The van der Waals surface area contributed by atoms with E-state index in [1.54, 1.807) is 0 Å². The van der Waals surface area contributed by atoms with E-state index in [4.69, 9.17) is 18.9 Å². The highest BCUT2D eigenvalue weighted by molar-refractivity contribution is 4.86. The molecule has 0 aromatic carbocycles. The van der Waals surface area contributed by atoms with E-state index in [-0.39, 0.29) is 0 Å². The van der Waals surface area contributed by atoms with Crippen molar-refractivity contribution in [2.24, 2.45) is 0 Å². The Morgan fingerprint density at radius 2 is 0.833 bits per heavy atom. The lowest BCUT2D eigenvalue weighted by Gasteiger charge is -2.42. The Morgan fingerprint density at radius 3 is 1.17 bits per heavy atom. The summed E-state index contributed by atoms with van der Waals surface area (Å²) in [6.45, 7) is 16.6. The van der Waals surface area contributed by atoms with Gasteiger partial charge in [-0.25, -0.2) is 0 Å². The molecular weight excluding hydrogens is 456 g/mol. The van der Waals surface area contributed by atoms with Crippen molar-refractivity contribution in [3.8, 4) is 0 Å². The first-order valence-corrected chi connectivity index (χ1v) is 14.5. The Balaban J connectivity index is 0.000000681. The number of ether oxygens (including phenoxy) is 4. The first-order chi connectivity index (χ1) is 17.4. The summed E-state index contributed by atoms with van der Waals surface area (Å²) in [6.07, 6.45) is 10.3. The van der Waals surface area contributed by atoms with E-state index in [9.17, 15) is 0 Å². The van der Waals surface area contributed by atoms with Gasteiger partial charge in [0.15, 0.2) is 0 Å². The number of hydrogen-bond donors (Lipinski definition) is 0. The van der Waals surface area contributed by atoms with Crippen LogP contribution in [0.1, 0.15) is 79.1 Å². The van der Waals surface area contributed by atoms with Crippen LogP contribution in [0.2, 0.25) is 0 Å². The van der Waals surface area contributed by atoms with Crippen molar-refractivity contribution in [2.75, 3.05) is 94.6 Å². The molecule has 0 heterocycles. The van der Waals surface area contributed by atoms with Crippen LogP contribution in [0.15, 0.2) is 0 Å². The van der Waals surface area contributed by atoms with Crippen LogP contribution >= 0.6 is 0 Å². The molecule has 0 amide bonds. The van der Waals surface area contributed by atoms with Gasteiger partial charge in [0.05, 0.1) is 26.9 Å². The summed E-state index contributed by atoms with van der Waals surface area (Å²) in [7, 11) is 8.58. The van der Waals surface area contributed by atoms with Crippen molar-refractivity contribution in [3.05, 3.63) is 0 Å². The van der Waals surface area contributed by atoms with Gasteiger partial charge in [0.25, 0.3) is 0 Å². The average Bonchev–Trinajstić information content (AvgIpc) is 2.90. The van der Waals surface area contributed by atoms with Crippen molar-refractivity contribution < 1.29 is 18.9 Å². The van der Waals surface area contributed by atoms with E-state index in [0.29, 0.717) is 12.1 Å². The molecule has 2 unspecified atom stereocenters. The first-order valence-electron chi connectivity index (χ1n) is 14.5. The van der Waals surface area contributed by atoms with E-state index in [0.717, 1.165) is 66.4 Å². The minimum absolute atomic E-state index is 0.593. The number of hydrogen-bond acceptors (Lipinski definition) is 8. The molecule has 1 fully saturated rings. The molecule has 0 radical (unpaired) electrons. The smallest absolute Gasteiger partial charge is 0.0990 e. The summed E-state index contributed by atoms with van der Waals surface area (Å²) < 4.78 is 21.8. The molecule has 0 bridgehead atoms. The maximum absolute atomic E-state index is 5.53. The Hall–Kier alpha value is -0.320. The molecule has 8 nitrogen and oxygen atoms in total. The molecule has 1 aliphatic carbocycles. The Labute approximate surface area is 224 Å². The molecule has 1 saturated carbocycles. The van der Waals surface area contributed by atoms with Crippen LogP contribution in [0, 0.1) is 0 Å². The van der Waals surface area contributed by atoms with Crippen LogP contribution in [-0.4, -0.2) is 126 Å². The van der Waals surface area contributed by atoms with E-state index in [1.807, 2.05) is 27.7 Å². The average molecular weight is 519 g/mol. The number of likely N-dealkylation sites (N-methyl/N-ethyl adjacent to an activating group) is 2. The molecule has 0 aliphatic heterocycles. The maximum atomic E-state index is 5.53. The normalized spacial score (nSPS) is 18.3. The van der Waals surface area contributed by atoms with Gasteiger partial charge in [-0.1, -0.05) is 25.7 Å². The van der Waals surface area contributed by atoms with Gasteiger partial charge >= 0.3 is 0 Å². The van der Waals surface area contributed by atoms with Gasteiger partial charge in [-0.2, -0.15) is 0 Å². The highest BCUT2D eigenvalue weighted by Gasteiger charge is 2.31. The quantitative estimate of drug-likeness (QED) is 0.162. The summed E-state index contributed by atoms with van der Waals surface area (Å²) in [5, 5.41) is 0. The zero-order chi connectivity index (χ0) is 27.0. The van der Waals surface area contributed by atoms with Gasteiger partial charge in [0.2, 0.25) is 0 Å². The third kappa shape index (κ3) is 18.9. The van der Waals surface area contributed by atoms with Crippen LogP contribution in [-0.2, 0) is 18.9 Å². The highest BCUT2D eigenvalue weighted by Crippen LogP contribution is 2.26. The third-order valence-corrected chi connectivity index (χ3v) is 6.69. The van der Waals surface area contributed by atoms with Crippen molar-refractivity contribution >= 4 is 0 Å². The largest absolute Gasteiger partial charge is 0.366 e. The minimum atomic E-state index is 0.593. The number of rotatable bonds is 21. The van der Waals surface area contributed by atoms with Crippen LogP contribution in [0.3, 0.4) is 0 Å². The van der Waals surface area contributed by atoms with Gasteiger partial charge in [0, 0.05) is 38.5 Å². The van der Waals surface area contributed by atoms with Crippen LogP contribution in [0.5, 0.6) is 0 Å². The zero-order valence-corrected chi connectivity index (χ0v) is 25.3. The van der Waals surface area contributed by atoms with Crippen molar-refractivity contribution in [1.82, 2.24) is 19.6 Å². The molecule has 8 heteroatoms. The fourth-order valence-corrected chi connectivity index (χ4v) is 4.52. The van der Waals surface area contributed by atoms with Crippen molar-refractivity contribution in [1.29, 1.82) is 0 Å². The van der Waals surface area contributed by atoms with Gasteiger partial charge in [-0.05, 0) is 94.7 Å². The number of nitrogens with zero attached hydrogens (tertiary/aromatic N) is 4. The standard InChI is InChI=1S/C14H30N2O2.C14H32N2O2/c1-5-17-11-15(3)13-9-7-8-10-14(13)16(4)12-18-6-2;1-5-17-13-15(3)11-9-7-8-10-12-16(4)14-18-6-2/h13-14H,5-12H2,1-4H3;5-14H2,1-4H3. The highest BCUT2D eigenvalue weighted by atomic mass is 16.5. The fraction of sp³-hybridized carbons (Fsp3) is 1.00. The molecule has 1 rings (SSSR count).